The maximum Gasteiger partial charge on any atom is 0.335 e. The number of hydrogen-bond donors (Lipinski definition) is 3. The van der Waals surface area contributed by atoms with Gasteiger partial charge in [-0.15, -0.1) is 0 Å². The molecule has 3 N–H and O–H groups in total. The zero-order chi connectivity index (χ0) is 14.9. The summed E-state index contributed by atoms with van der Waals surface area (Å²) in [6.07, 6.45) is 0. The van der Waals surface area contributed by atoms with E-state index in [2.05, 4.69) is 0 Å². The minimum atomic E-state index is -1.18. The molecule has 0 atom stereocenters. The summed E-state index contributed by atoms with van der Waals surface area (Å²) >= 11 is 0. The first-order valence-electron chi connectivity index (χ1n) is 5.87. The molecule has 6 nitrogen and oxygen atoms in total. The third-order valence-corrected chi connectivity index (χ3v) is 2.53. The van der Waals surface area contributed by atoms with Crippen LogP contribution in [-0.2, 0) is 0 Å². The van der Waals surface area contributed by atoms with Gasteiger partial charge in [0, 0.05) is 0 Å². The fraction of sp³-hybridized carbons (Fsp3) is 0.462. The number of carbonyl (C=O) groups is 1. The molecule has 0 bridgehead atoms. The zero-order valence-electron chi connectivity index (χ0n) is 11.2. The highest BCUT2D eigenvalue weighted by atomic mass is 16.4. The van der Waals surface area contributed by atoms with E-state index in [1.54, 1.807) is 0 Å². The van der Waals surface area contributed by atoms with Crippen LogP contribution >= 0.6 is 0 Å². The van der Waals surface area contributed by atoms with Gasteiger partial charge < -0.3 is 24.9 Å². The van der Waals surface area contributed by atoms with Crippen molar-refractivity contribution in [1.29, 1.82) is 0 Å². The Bertz CT molecular complexity index is 384. The Balaban J connectivity index is 0.000000344. The Hall–Kier alpha value is -1.63. The SMILES string of the molecule is C[N+](C)(CCO)CCO.O=C(O)c1ccccc1[O-]. The number of carboxylic acids is 1. The molecule has 6 heteroatoms. The molecule has 1 aromatic rings. The number of quaternary nitrogens is 1. The Morgan fingerprint density at radius 2 is 1.63 bits per heavy atom. The predicted molar refractivity (Wildman–Crippen MR) is 68.9 cm³/mol. The predicted octanol–water partition coefficient (Wildman–Crippen LogP) is -0.494. The van der Waals surface area contributed by atoms with Gasteiger partial charge in [-0.25, -0.2) is 4.79 Å². The Labute approximate surface area is 112 Å². The molecule has 0 radical (unpaired) electrons. The van der Waals surface area contributed by atoms with E-state index in [-0.39, 0.29) is 18.8 Å². The fourth-order valence-corrected chi connectivity index (χ4v) is 1.30. The van der Waals surface area contributed by atoms with Crippen LogP contribution in [-0.4, -0.2) is 66.2 Å². The number of benzene rings is 1. The van der Waals surface area contributed by atoms with Crippen LogP contribution in [0, 0.1) is 0 Å². The number of hydrogen-bond acceptors (Lipinski definition) is 4. The van der Waals surface area contributed by atoms with Crippen LogP contribution in [0.25, 0.3) is 0 Å². The van der Waals surface area contributed by atoms with Crippen LogP contribution in [0.3, 0.4) is 0 Å². The van der Waals surface area contributed by atoms with Crippen molar-refractivity contribution in [3.8, 4) is 5.75 Å². The maximum atomic E-state index is 10.7. The number of para-hydroxylation sites is 1. The largest absolute Gasteiger partial charge is 0.872 e. The van der Waals surface area contributed by atoms with Crippen LogP contribution in [0.5, 0.6) is 5.75 Å². The Morgan fingerprint density at radius 1 is 1.16 bits per heavy atom. The molecular formula is C13H21NO5. The van der Waals surface area contributed by atoms with Gasteiger partial charge in [-0.3, -0.25) is 0 Å². The minimum absolute atomic E-state index is 0.178. The average Bonchev–Trinajstić information content (AvgIpc) is 2.29. The van der Waals surface area contributed by atoms with E-state index in [0.29, 0.717) is 17.6 Å². The molecule has 0 heterocycles. The molecule has 0 aliphatic carbocycles. The molecule has 0 saturated carbocycles. The Morgan fingerprint density at radius 3 is 1.95 bits per heavy atom. The smallest absolute Gasteiger partial charge is 0.335 e. The average molecular weight is 271 g/mol. The van der Waals surface area contributed by atoms with Gasteiger partial charge in [0.2, 0.25) is 0 Å². The number of rotatable bonds is 5. The fourth-order valence-electron chi connectivity index (χ4n) is 1.30. The summed E-state index contributed by atoms with van der Waals surface area (Å²) in [7, 11) is 3.96. The highest BCUT2D eigenvalue weighted by Gasteiger charge is 2.11. The molecule has 0 aromatic heterocycles. The minimum Gasteiger partial charge on any atom is -0.872 e. The molecule has 0 amide bonds. The van der Waals surface area contributed by atoms with Crippen molar-refractivity contribution in [1.82, 2.24) is 0 Å². The van der Waals surface area contributed by atoms with Crippen LogP contribution < -0.4 is 5.11 Å². The summed E-state index contributed by atoms with van der Waals surface area (Å²) in [5.41, 5.74) is -0.178. The van der Waals surface area contributed by atoms with Gasteiger partial charge >= 0.3 is 5.97 Å². The second-order valence-corrected chi connectivity index (χ2v) is 4.63. The molecule has 0 spiro atoms. The molecule has 0 fully saturated rings. The lowest BCUT2D eigenvalue weighted by molar-refractivity contribution is -0.890. The number of carboxylic acid groups (broad SMARTS) is 1. The molecule has 1 aromatic carbocycles. The zero-order valence-corrected chi connectivity index (χ0v) is 11.2. The summed E-state index contributed by atoms with van der Waals surface area (Å²) < 4.78 is 0.688. The lowest BCUT2D eigenvalue weighted by Gasteiger charge is -2.27. The topological polar surface area (TPSA) is 101 Å². The molecule has 108 valence electrons. The van der Waals surface area contributed by atoms with Crippen LogP contribution in [0.15, 0.2) is 24.3 Å². The van der Waals surface area contributed by atoms with E-state index >= 15 is 0 Å². The lowest BCUT2D eigenvalue weighted by Crippen LogP contribution is -2.43. The third-order valence-electron chi connectivity index (χ3n) is 2.53. The van der Waals surface area contributed by atoms with Gasteiger partial charge in [0.15, 0.2) is 0 Å². The first-order chi connectivity index (χ1) is 8.84. The van der Waals surface area contributed by atoms with Crippen molar-refractivity contribution in [3.63, 3.8) is 0 Å². The Kier molecular flexibility index (Phi) is 7.74. The van der Waals surface area contributed by atoms with Crippen molar-refractivity contribution >= 4 is 5.97 Å². The summed E-state index contributed by atoms with van der Waals surface area (Å²) in [6.45, 7) is 1.79. The number of nitrogens with zero attached hydrogens (tertiary/aromatic N) is 1. The normalized spacial score (nSPS) is 10.5. The quantitative estimate of drug-likeness (QED) is 0.627. The van der Waals surface area contributed by atoms with Gasteiger partial charge in [0.05, 0.1) is 32.9 Å². The summed E-state index contributed by atoms with van der Waals surface area (Å²) in [5.74, 6) is -1.62. The second-order valence-electron chi connectivity index (χ2n) is 4.63. The molecule has 0 aliphatic heterocycles. The van der Waals surface area contributed by atoms with Crippen LogP contribution in [0.2, 0.25) is 0 Å². The standard InChI is InChI=1S/C7H6O3.C6H16NO2/c8-6-4-2-1-3-5(6)7(9)10;1-7(2,3-5-8)4-6-9/h1-4,8H,(H,9,10);8-9H,3-6H2,1-2H3/q;+1/p-1. The van der Waals surface area contributed by atoms with E-state index in [1.165, 1.54) is 24.3 Å². The van der Waals surface area contributed by atoms with Crippen molar-refractivity contribution in [2.45, 2.75) is 0 Å². The van der Waals surface area contributed by atoms with E-state index in [1.807, 2.05) is 14.1 Å². The second kappa shape index (κ2) is 8.47. The summed E-state index contributed by atoms with van der Waals surface area (Å²) in [5, 5.41) is 36.1. The highest BCUT2D eigenvalue weighted by Crippen LogP contribution is 2.10. The van der Waals surface area contributed by atoms with Crippen LogP contribution in [0.4, 0.5) is 0 Å². The maximum absolute atomic E-state index is 10.7. The number of aromatic carboxylic acids is 1. The molecule has 0 saturated heterocycles. The molecular weight excluding hydrogens is 250 g/mol. The third kappa shape index (κ3) is 7.40. The van der Waals surface area contributed by atoms with Gasteiger partial charge in [-0.1, -0.05) is 23.9 Å². The summed E-state index contributed by atoms with van der Waals surface area (Å²) in [4.78, 5) is 10.2. The van der Waals surface area contributed by atoms with Crippen molar-refractivity contribution in [2.24, 2.45) is 0 Å². The number of aliphatic hydroxyl groups is 2. The van der Waals surface area contributed by atoms with Gasteiger partial charge in [0.1, 0.15) is 13.1 Å². The van der Waals surface area contributed by atoms with E-state index in [0.717, 1.165) is 0 Å². The van der Waals surface area contributed by atoms with Gasteiger partial charge in [-0.05, 0) is 6.07 Å². The number of aliphatic hydroxyl groups excluding tert-OH is 2. The van der Waals surface area contributed by atoms with Crippen molar-refractivity contribution in [3.05, 3.63) is 29.8 Å². The molecule has 0 unspecified atom stereocenters. The van der Waals surface area contributed by atoms with E-state index < -0.39 is 11.7 Å². The molecule has 0 aliphatic rings. The first-order valence-corrected chi connectivity index (χ1v) is 5.87. The van der Waals surface area contributed by atoms with Gasteiger partial charge in [-0.2, -0.15) is 0 Å². The van der Waals surface area contributed by atoms with Crippen molar-refractivity contribution < 1.29 is 29.7 Å². The van der Waals surface area contributed by atoms with E-state index in [9.17, 15) is 9.90 Å². The number of likely N-dealkylation sites (N-methyl/N-ethyl adjacent to an activating group) is 1. The van der Waals surface area contributed by atoms with Crippen molar-refractivity contribution in [2.75, 3.05) is 40.4 Å². The monoisotopic (exact) mass is 271 g/mol. The van der Waals surface area contributed by atoms with Crippen LogP contribution in [0.1, 0.15) is 10.4 Å². The lowest BCUT2D eigenvalue weighted by atomic mass is 10.2. The highest BCUT2D eigenvalue weighted by molar-refractivity contribution is 5.90. The van der Waals surface area contributed by atoms with E-state index in [4.69, 9.17) is 15.3 Å². The summed E-state index contributed by atoms with van der Waals surface area (Å²) in [6, 6.07) is 5.54. The molecule has 19 heavy (non-hydrogen) atoms. The molecule has 1 rings (SSSR count). The first kappa shape index (κ1) is 17.4. The van der Waals surface area contributed by atoms with Gasteiger partial charge in [0.25, 0.3) is 0 Å².